The third kappa shape index (κ3) is 5.47. The van der Waals surface area contributed by atoms with Crippen LogP contribution in [-0.2, 0) is 16.6 Å². The fourth-order valence-electron chi connectivity index (χ4n) is 2.61. The van der Waals surface area contributed by atoms with Crippen LogP contribution >= 0.6 is 0 Å². The molecule has 8 heteroatoms. The molecular formula is C15H24N4O3S. The molecule has 23 heavy (non-hydrogen) atoms. The summed E-state index contributed by atoms with van der Waals surface area (Å²) >= 11 is 0. The van der Waals surface area contributed by atoms with Gasteiger partial charge >= 0.3 is 6.03 Å². The van der Waals surface area contributed by atoms with Crippen molar-refractivity contribution < 1.29 is 13.2 Å². The molecule has 2 amide bonds. The Balaban J connectivity index is 1.69. The van der Waals surface area contributed by atoms with Gasteiger partial charge in [0.25, 0.3) is 0 Å². The molecule has 2 rings (SSSR count). The number of aromatic nitrogens is 1. The maximum atomic E-state index is 11.8. The number of urea groups is 1. The van der Waals surface area contributed by atoms with Gasteiger partial charge in [-0.15, -0.1) is 0 Å². The first-order valence-electron chi connectivity index (χ1n) is 7.73. The number of pyridine rings is 1. The van der Waals surface area contributed by atoms with Crippen molar-refractivity contribution in [2.75, 3.05) is 25.9 Å². The van der Waals surface area contributed by atoms with Crippen LogP contribution in [0.5, 0.6) is 0 Å². The molecular weight excluding hydrogens is 316 g/mol. The fourth-order valence-corrected chi connectivity index (χ4v) is 3.49. The number of hydrogen-bond donors (Lipinski definition) is 2. The molecule has 0 aromatic carbocycles. The summed E-state index contributed by atoms with van der Waals surface area (Å²) < 4.78 is 24.4. The molecule has 2 heterocycles. The van der Waals surface area contributed by atoms with E-state index in [-0.39, 0.29) is 6.03 Å². The molecule has 0 unspecified atom stereocenters. The van der Waals surface area contributed by atoms with Crippen LogP contribution in [0.3, 0.4) is 0 Å². The maximum absolute atomic E-state index is 11.8. The molecule has 0 spiro atoms. The minimum atomic E-state index is -3.10. The van der Waals surface area contributed by atoms with E-state index >= 15 is 0 Å². The quantitative estimate of drug-likeness (QED) is 0.832. The van der Waals surface area contributed by atoms with E-state index in [4.69, 9.17) is 0 Å². The number of piperidine rings is 1. The van der Waals surface area contributed by atoms with Gasteiger partial charge in [0.05, 0.1) is 18.5 Å². The van der Waals surface area contributed by atoms with Gasteiger partial charge in [-0.1, -0.05) is 6.07 Å². The number of carbonyl (C=O) groups excluding carboxylic acids is 1. The summed E-state index contributed by atoms with van der Waals surface area (Å²) in [5.41, 5.74) is 1.89. The summed E-state index contributed by atoms with van der Waals surface area (Å²) in [6.07, 6.45) is 4.48. The van der Waals surface area contributed by atoms with Crippen molar-refractivity contribution in [3.63, 3.8) is 0 Å². The predicted octanol–water partition coefficient (Wildman–Crippen LogP) is 0.861. The lowest BCUT2D eigenvalue weighted by Crippen LogP contribution is -2.43. The van der Waals surface area contributed by atoms with Gasteiger partial charge in [-0.05, 0) is 37.3 Å². The van der Waals surface area contributed by atoms with Gasteiger partial charge in [0, 0.05) is 25.8 Å². The normalized spacial score (nSPS) is 17.0. The molecule has 0 saturated carbocycles. The third-order valence-electron chi connectivity index (χ3n) is 4.13. The number of rotatable bonds is 5. The van der Waals surface area contributed by atoms with Crippen molar-refractivity contribution in [1.29, 1.82) is 0 Å². The summed E-state index contributed by atoms with van der Waals surface area (Å²) in [6, 6.07) is 3.60. The van der Waals surface area contributed by atoms with Crippen molar-refractivity contribution in [2.24, 2.45) is 5.92 Å². The van der Waals surface area contributed by atoms with E-state index in [9.17, 15) is 13.2 Å². The summed E-state index contributed by atoms with van der Waals surface area (Å²) in [5, 5.41) is 5.64. The summed E-state index contributed by atoms with van der Waals surface area (Å²) in [7, 11) is -3.10. The number of amides is 2. The lowest BCUT2D eigenvalue weighted by Gasteiger charge is -2.30. The molecule has 0 bridgehead atoms. The zero-order valence-corrected chi connectivity index (χ0v) is 14.4. The van der Waals surface area contributed by atoms with Crippen molar-refractivity contribution in [1.82, 2.24) is 19.9 Å². The first kappa shape index (κ1) is 17.7. The van der Waals surface area contributed by atoms with E-state index in [0.717, 1.165) is 24.1 Å². The third-order valence-corrected chi connectivity index (χ3v) is 5.43. The molecule has 0 radical (unpaired) electrons. The standard InChI is InChI=1S/C15H24N4O3S/c1-12-4-3-7-16-14(12)11-18-15(20)17-10-13-5-8-19(9-6-13)23(2,21)22/h3-4,7,13H,5-6,8-11H2,1-2H3,(H2,17,18,20). The van der Waals surface area contributed by atoms with Crippen LogP contribution in [0.4, 0.5) is 4.79 Å². The van der Waals surface area contributed by atoms with Gasteiger partial charge in [0.15, 0.2) is 0 Å². The number of sulfonamides is 1. The number of nitrogens with one attached hydrogen (secondary N) is 2. The molecule has 1 aromatic rings. The van der Waals surface area contributed by atoms with Gasteiger partial charge in [-0.3, -0.25) is 4.98 Å². The van der Waals surface area contributed by atoms with Gasteiger partial charge in [-0.2, -0.15) is 0 Å². The van der Waals surface area contributed by atoms with Crippen LogP contribution in [0.2, 0.25) is 0 Å². The molecule has 0 atom stereocenters. The molecule has 0 aliphatic carbocycles. The monoisotopic (exact) mass is 340 g/mol. The predicted molar refractivity (Wildman–Crippen MR) is 88.4 cm³/mol. The minimum absolute atomic E-state index is 0.222. The van der Waals surface area contributed by atoms with E-state index in [1.54, 1.807) is 6.20 Å². The molecule has 1 aliphatic rings. The molecule has 1 fully saturated rings. The largest absolute Gasteiger partial charge is 0.338 e. The highest BCUT2D eigenvalue weighted by atomic mass is 32.2. The van der Waals surface area contributed by atoms with E-state index in [1.165, 1.54) is 10.6 Å². The van der Waals surface area contributed by atoms with Crippen molar-refractivity contribution in [3.05, 3.63) is 29.6 Å². The molecule has 128 valence electrons. The SMILES string of the molecule is Cc1cccnc1CNC(=O)NCC1CCN(S(C)(=O)=O)CC1. The number of carbonyl (C=O) groups is 1. The Morgan fingerprint density at radius 3 is 2.65 bits per heavy atom. The Hall–Kier alpha value is -1.67. The summed E-state index contributed by atoms with van der Waals surface area (Å²) in [4.78, 5) is 16.1. The second-order valence-electron chi connectivity index (χ2n) is 5.94. The second-order valence-corrected chi connectivity index (χ2v) is 7.92. The number of aryl methyl sites for hydroxylation is 1. The first-order valence-corrected chi connectivity index (χ1v) is 9.58. The maximum Gasteiger partial charge on any atom is 0.315 e. The number of nitrogens with zero attached hydrogens (tertiary/aromatic N) is 2. The van der Waals surface area contributed by atoms with Crippen LogP contribution in [0.25, 0.3) is 0 Å². The van der Waals surface area contributed by atoms with Crippen LogP contribution < -0.4 is 10.6 Å². The van der Waals surface area contributed by atoms with E-state index in [0.29, 0.717) is 32.1 Å². The zero-order valence-electron chi connectivity index (χ0n) is 13.6. The second kappa shape index (κ2) is 7.74. The Kier molecular flexibility index (Phi) is 5.95. The van der Waals surface area contributed by atoms with Crippen LogP contribution in [0, 0.1) is 12.8 Å². The highest BCUT2D eigenvalue weighted by Crippen LogP contribution is 2.18. The van der Waals surface area contributed by atoms with Gasteiger partial charge in [-0.25, -0.2) is 17.5 Å². The van der Waals surface area contributed by atoms with E-state index in [1.807, 2.05) is 19.1 Å². The fraction of sp³-hybridized carbons (Fsp3) is 0.600. The average Bonchev–Trinajstić information content (AvgIpc) is 2.51. The molecule has 1 saturated heterocycles. The van der Waals surface area contributed by atoms with Crippen molar-refractivity contribution >= 4 is 16.1 Å². The average molecular weight is 340 g/mol. The van der Waals surface area contributed by atoms with Crippen LogP contribution in [0.15, 0.2) is 18.3 Å². The Labute approximate surface area is 137 Å². The summed E-state index contributed by atoms with van der Waals surface area (Å²) in [6.45, 7) is 3.97. The summed E-state index contributed by atoms with van der Waals surface area (Å²) in [5.74, 6) is 0.315. The van der Waals surface area contributed by atoms with Crippen LogP contribution in [-0.4, -0.2) is 49.6 Å². The molecule has 7 nitrogen and oxygen atoms in total. The van der Waals surface area contributed by atoms with Gasteiger partial charge in [0.2, 0.25) is 10.0 Å². The van der Waals surface area contributed by atoms with E-state index < -0.39 is 10.0 Å². The Morgan fingerprint density at radius 1 is 1.35 bits per heavy atom. The lowest BCUT2D eigenvalue weighted by atomic mass is 9.98. The number of hydrogen-bond acceptors (Lipinski definition) is 4. The zero-order chi connectivity index (χ0) is 16.9. The highest BCUT2D eigenvalue weighted by Gasteiger charge is 2.24. The van der Waals surface area contributed by atoms with Gasteiger partial charge in [0.1, 0.15) is 0 Å². The van der Waals surface area contributed by atoms with Gasteiger partial charge < -0.3 is 10.6 Å². The highest BCUT2D eigenvalue weighted by molar-refractivity contribution is 7.88. The van der Waals surface area contributed by atoms with Crippen LogP contribution in [0.1, 0.15) is 24.1 Å². The Bertz CT molecular complexity index is 640. The molecule has 1 aromatic heterocycles. The topological polar surface area (TPSA) is 91.4 Å². The first-order chi connectivity index (χ1) is 10.9. The van der Waals surface area contributed by atoms with Crippen molar-refractivity contribution in [3.8, 4) is 0 Å². The molecule has 2 N–H and O–H groups in total. The van der Waals surface area contributed by atoms with Crippen molar-refractivity contribution in [2.45, 2.75) is 26.3 Å². The lowest BCUT2D eigenvalue weighted by molar-refractivity contribution is 0.230. The van der Waals surface area contributed by atoms with E-state index in [2.05, 4.69) is 15.6 Å². The molecule has 1 aliphatic heterocycles. The minimum Gasteiger partial charge on any atom is -0.338 e. The Morgan fingerprint density at radius 2 is 2.04 bits per heavy atom. The smallest absolute Gasteiger partial charge is 0.315 e.